The molecule has 19 heteroatoms. The van der Waals surface area contributed by atoms with Crippen molar-refractivity contribution in [3.8, 4) is 0 Å². The summed E-state index contributed by atoms with van der Waals surface area (Å²) in [7, 11) is -9.93. The second kappa shape index (κ2) is 78.3. The molecule has 3 unspecified atom stereocenters. The number of aliphatic hydroxyl groups excluding tert-OH is 1. The van der Waals surface area contributed by atoms with Crippen LogP contribution in [0.15, 0.2) is 0 Å². The Bertz CT molecular complexity index is 2030. The van der Waals surface area contributed by atoms with Crippen LogP contribution < -0.4 is 0 Å². The molecule has 630 valence electrons. The first-order valence-electron chi connectivity index (χ1n) is 45.0. The van der Waals surface area contributed by atoms with E-state index in [0.717, 1.165) is 102 Å². The van der Waals surface area contributed by atoms with Gasteiger partial charge in [-0.3, -0.25) is 37.3 Å². The SMILES string of the molecule is CCCCCCCCCCCCCCCCCCCCCC(=O)O[C@H](COC(=O)CCCCCCCCCCCCCCCCCCCC)COP(=O)(O)OC[C@@H](O)COP(=O)(O)OC[C@@H](COC(=O)CCCCCCCCCCC(C)CC)OC(=O)CCCCCCCCCCCCCCCCC(C)C. The van der Waals surface area contributed by atoms with Gasteiger partial charge in [0.05, 0.1) is 26.4 Å². The lowest BCUT2D eigenvalue weighted by molar-refractivity contribution is -0.161. The highest BCUT2D eigenvalue weighted by Crippen LogP contribution is 2.45. The second-order valence-electron chi connectivity index (χ2n) is 32.0. The van der Waals surface area contributed by atoms with E-state index in [2.05, 4.69) is 41.5 Å². The Hall–Kier alpha value is -1.94. The summed E-state index contributed by atoms with van der Waals surface area (Å²) in [6.07, 6.45) is 70.7. The van der Waals surface area contributed by atoms with Crippen molar-refractivity contribution in [1.29, 1.82) is 0 Å². The summed E-state index contributed by atoms with van der Waals surface area (Å²) in [4.78, 5) is 73.3. The normalized spacial score (nSPS) is 14.1. The van der Waals surface area contributed by atoms with E-state index >= 15 is 0 Å². The van der Waals surface area contributed by atoms with Crippen molar-refractivity contribution in [2.45, 2.75) is 484 Å². The van der Waals surface area contributed by atoms with E-state index in [1.165, 1.54) is 283 Å². The number of hydrogen-bond acceptors (Lipinski definition) is 15. The maximum atomic E-state index is 13.2. The molecule has 0 aliphatic carbocycles. The zero-order valence-electron chi connectivity index (χ0n) is 69.7. The number of rotatable bonds is 86. The first-order valence-corrected chi connectivity index (χ1v) is 48.0. The van der Waals surface area contributed by atoms with Crippen molar-refractivity contribution >= 4 is 39.5 Å². The number of carbonyl (C=O) groups excluding carboxylic acids is 4. The number of ether oxygens (including phenoxy) is 4. The van der Waals surface area contributed by atoms with Gasteiger partial charge in [-0.2, -0.15) is 0 Å². The second-order valence-corrected chi connectivity index (χ2v) is 34.9. The molecule has 0 heterocycles. The Morgan fingerprint density at radius 3 is 0.717 bits per heavy atom. The van der Waals surface area contributed by atoms with Gasteiger partial charge in [0.2, 0.25) is 0 Å². The number of unbranched alkanes of at least 4 members (excludes halogenated alkanes) is 55. The third kappa shape index (κ3) is 78.7. The van der Waals surface area contributed by atoms with E-state index in [1.54, 1.807) is 0 Å². The number of phosphoric acid groups is 2. The average Bonchev–Trinajstić information content (AvgIpc) is 0.906. The Morgan fingerprint density at radius 2 is 0.481 bits per heavy atom. The van der Waals surface area contributed by atoms with Gasteiger partial charge >= 0.3 is 39.5 Å². The zero-order chi connectivity index (χ0) is 77.8. The molecule has 0 fully saturated rings. The standard InChI is InChI=1S/C87H170O17P2/c1-7-10-12-14-16-18-20-22-24-26-28-30-32-37-41-45-53-59-65-71-86(91)103-82(75-97-84(89)69-63-57-51-44-40-36-31-29-27-25-23-21-19-17-15-13-11-8-2)77-101-105(93,94)99-73-81(88)74-100-106(95,96)102-78-83(76-98-85(90)70-64-58-52-48-47-50-56-62-68-80(6)9-3)104-87(92)72-66-60-54-46-42-38-34-33-35-39-43-49-55-61-67-79(4)5/h79-83,88H,7-78H2,1-6H3,(H,93,94)(H,95,96)/t80?,81-,82-,83-/m1/s1. The molecular formula is C87H170O17P2. The van der Waals surface area contributed by atoms with Crippen molar-refractivity contribution < 1.29 is 80.2 Å². The average molecular weight is 1550 g/mol. The number of phosphoric ester groups is 2. The largest absolute Gasteiger partial charge is 0.472 e. The van der Waals surface area contributed by atoms with Crippen molar-refractivity contribution in [3.05, 3.63) is 0 Å². The van der Waals surface area contributed by atoms with Crippen LogP contribution in [0.4, 0.5) is 0 Å². The topological polar surface area (TPSA) is 237 Å². The number of carbonyl (C=O) groups is 4. The highest BCUT2D eigenvalue weighted by Gasteiger charge is 2.30. The van der Waals surface area contributed by atoms with Crippen LogP contribution in [-0.2, 0) is 65.4 Å². The van der Waals surface area contributed by atoms with E-state index in [-0.39, 0.29) is 25.7 Å². The summed E-state index contributed by atoms with van der Waals surface area (Å²) < 4.78 is 69.0. The molecule has 106 heavy (non-hydrogen) atoms. The Labute approximate surface area is 651 Å². The highest BCUT2D eigenvalue weighted by atomic mass is 31.2. The fourth-order valence-electron chi connectivity index (χ4n) is 13.6. The zero-order valence-corrected chi connectivity index (χ0v) is 71.5. The number of esters is 4. The molecule has 17 nitrogen and oxygen atoms in total. The minimum atomic E-state index is -4.97. The molecular weight excluding hydrogens is 1380 g/mol. The van der Waals surface area contributed by atoms with Crippen LogP contribution in [0, 0.1) is 11.8 Å². The van der Waals surface area contributed by atoms with Crippen LogP contribution >= 0.6 is 15.6 Å². The summed E-state index contributed by atoms with van der Waals surface area (Å²) in [6, 6.07) is 0. The smallest absolute Gasteiger partial charge is 0.462 e. The summed E-state index contributed by atoms with van der Waals surface area (Å²) in [5.41, 5.74) is 0. The van der Waals surface area contributed by atoms with Crippen LogP contribution in [0.2, 0.25) is 0 Å². The number of aliphatic hydroxyl groups is 1. The maximum absolute atomic E-state index is 13.2. The van der Waals surface area contributed by atoms with Gasteiger partial charge < -0.3 is 33.8 Å². The molecule has 0 radical (unpaired) electrons. The molecule has 0 aromatic carbocycles. The van der Waals surface area contributed by atoms with E-state index in [4.69, 9.17) is 37.0 Å². The lowest BCUT2D eigenvalue weighted by atomic mass is 9.99. The molecule has 0 amide bonds. The van der Waals surface area contributed by atoms with Crippen molar-refractivity contribution in [1.82, 2.24) is 0 Å². The summed E-state index contributed by atoms with van der Waals surface area (Å²) in [5, 5.41) is 10.7. The van der Waals surface area contributed by atoms with Crippen LogP contribution in [0.3, 0.4) is 0 Å². The molecule has 0 bridgehead atoms. The van der Waals surface area contributed by atoms with Crippen LogP contribution in [-0.4, -0.2) is 96.7 Å². The van der Waals surface area contributed by atoms with Gasteiger partial charge in [-0.25, -0.2) is 9.13 Å². The molecule has 0 aliphatic rings. The lowest BCUT2D eigenvalue weighted by Crippen LogP contribution is -2.30. The fourth-order valence-corrected chi connectivity index (χ4v) is 15.1. The Balaban J connectivity index is 5.26. The van der Waals surface area contributed by atoms with Crippen molar-refractivity contribution in [2.24, 2.45) is 11.8 Å². The van der Waals surface area contributed by atoms with Crippen LogP contribution in [0.25, 0.3) is 0 Å². The van der Waals surface area contributed by atoms with Gasteiger partial charge in [0.25, 0.3) is 0 Å². The lowest BCUT2D eigenvalue weighted by Gasteiger charge is -2.21. The quantitative estimate of drug-likeness (QED) is 0.0222. The summed E-state index contributed by atoms with van der Waals surface area (Å²) in [6.45, 7) is 9.71. The molecule has 0 aromatic rings. The third-order valence-corrected chi connectivity index (χ3v) is 22.7. The van der Waals surface area contributed by atoms with Crippen molar-refractivity contribution in [2.75, 3.05) is 39.6 Å². The Morgan fingerprint density at radius 1 is 0.274 bits per heavy atom. The van der Waals surface area contributed by atoms with Gasteiger partial charge in [0.1, 0.15) is 19.3 Å². The Kier molecular flexibility index (Phi) is 76.9. The van der Waals surface area contributed by atoms with Gasteiger partial charge in [0.15, 0.2) is 12.2 Å². The van der Waals surface area contributed by atoms with E-state index in [9.17, 15) is 43.2 Å². The van der Waals surface area contributed by atoms with Crippen LogP contribution in [0.1, 0.15) is 465 Å². The maximum Gasteiger partial charge on any atom is 0.472 e. The molecule has 0 rings (SSSR count). The molecule has 0 saturated carbocycles. The first-order chi connectivity index (χ1) is 51.4. The molecule has 0 aliphatic heterocycles. The summed E-state index contributed by atoms with van der Waals surface area (Å²) in [5.74, 6) is -0.528. The van der Waals surface area contributed by atoms with Gasteiger partial charge in [0, 0.05) is 25.7 Å². The summed E-state index contributed by atoms with van der Waals surface area (Å²) >= 11 is 0. The highest BCUT2D eigenvalue weighted by molar-refractivity contribution is 7.47. The van der Waals surface area contributed by atoms with Gasteiger partial charge in [-0.1, -0.05) is 414 Å². The van der Waals surface area contributed by atoms with E-state index in [1.807, 2.05) is 0 Å². The molecule has 6 atom stereocenters. The van der Waals surface area contributed by atoms with E-state index in [0.29, 0.717) is 25.7 Å². The molecule has 0 saturated heterocycles. The van der Waals surface area contributed by atoms with Gasteiger partial charge in [-0.05, 0) is 37.5 Å². The third-order valence-electron chi connectivity index (χ3n) is 20.8. The predicted octanol–water partition coefficient (Wildman–Crippen LogP) is 26.6. The van der Waals surface area contributed by atoms with Gasteiger partial charge in [-0.15, -0.1) is 0 Å². The molecule has 3 N–H and O–H groups in total. The minimum absolute atomic E-state index is 0.107. The minimum Gasteiger partial charge on any atom is -0.462 e. The van der Waals surface area contributed by atoms with Crippen molar-refractivity contribution in [3.63, 3.8) is 0 Å². The number of hydrogen-bond donors (Lipinski definition) is 3. The monoisotopic (exact) mass is 1550 g/mol. The first kappa shape index (κ1) is 104. The van der Waals surface area contributed by atoms with Crippen LogP contribution in [0.5, 0.6) is 0 Å². The molecule has 0 aromatic heterocycles. The molecule has 0 spiro atoms. The van der Waals surface area contributed by atoms with E-state index < -0.39 is 97.5 Å². The fraction of sp³-hybridized carbons (Fsp3) is 0.954. The predicted molar refractivity (Wildman–Crippen MR) is 437 cm³/mol.